The number of nitrogens with one attached hydrogen (secondary N) is 2. The molecule has 2 N–H and O–H groups in total. The van der Waals surface area contributed by atoms with Gasteiger partial charge in [-0.25, -0.2) is 0 Å². The number of hydrogen-bond donors (Lipinski definition) is 2. The number of H-pyrrole nitrogens is 1. The molecular formula is C30H35N5O5. The van der Waals surface area contributed by atoms with E-state index in [9.17, 15) is 14.4 Å². The summed E-state index contributed by atoms with van der Waals surface area (Å²) in [5.41, 5.74) is 3.33. The molecule has 3 aromatic rings. The van der Waals surface area contributed by atoms with Crippen molar-refractivity contribution < 1.29 is 23.9 Å². The highest BCUT2D eigenvalue weighted by molar-refractivity contribution is 5.96. The van der Waals surface area contributed by atoms with Crippen LogP contribution in [0.25, 0.3) is 0 Å². The van der Waals surface area contributed by atoms with Gasteiger partial charge in [0.1, 0.15) is 11.5 Å². The second kappa shape index (κ2) is 12.3. The van der Waals surface area contributed by atoms with Gasteiger partial charge in [-0.05, 0) is 67.1 Å². The zero-order valence-electron chi connectivity index (χ0n) is 22.9. The summed E-state index contributed by atoms with van der Waals surface area (Å²) in [6.07, 6.45) is 5.82. The van der Waals surface area contributed by atoms with Crippen LogP contribution in [-0.4, -0.2) is 76.5 Å². The van der Waals surface area contributed by atoms with E-state index >= 15 is 0 Å². The third-order valence-electron chi connectivity index (χ3n) is 7.41. The number of piperidine rings is 1. The highest BCUT2D eigenvalue weighted by Crippen LogP contribution is 2.28. The van der Waals surface area contributed by atoms with E-state index in [1.165, 1.54) is 4.90 Å². The number of aryl methyl sites for hydroxylation is 2. The standard InChI is InChI=1S/C30H35N5O5/c1-20-9-10-23-14-27(20)40-24-7-3-5-21(13-24)19-39-26-11-12-35(29(37)8-4-6-22-15-31-32-16-22)17-25(26)33-28(36)18-34(2)30(23)38/h3,5,7,9-10,13-16,25-26H,4,6,8,11-12,17-19H2,1-2H3,(H,31,32)(H,33,36)/t25-,26+/m0/s1. The molecule has 0 radical (unpaired) electrons. The van der Waals surface area contributed by atoms with Gasteiger partial charge in [0.2, 0.25) is 11.8 Å². The van der Waals surface area contributed by atoms with Crippen LogP contribution in [0.2, 0.25) is 0 Å². The highest BCUT2D eigenvalue weighted by atomic mass is 16.5. The molecule has 2 aliphatic rings. The lowest BCUT2D eigenvalue weighted by Crippen LogP contribution is -2.58. The van der Waals surface area contributed by atoms with Gasteiger partial charge in [-0.1, -0.05) is 18.2 Å². The largest absolute Gasteiger partial charge is 0.457 e. The predicted molar refractivity (Wildman–Crippen MR) is 148 cm³/mol. The van der Waals surface area contributed by atoms with E-state index in [0.29, 0.717) is 49.6 Å². The van der Waals surface area contributed by atoms with Crippen LogP contribution in [-0.2, 0) is 27.4 Å². The minimum Gasteiger partial charge on any atom is -0.457 e. The minimum atomic E-state index is -0.402. The van der Waals surface area contributed by atoms with Crippen molar-refractivity contribution in [2.75, 3.05) is 26.7 Å². The monoisotopic (exact) mass is 545 g/mol. The third-order valence-corrected chi connectivity index (χ3v) is 7.41. The number of carbonyl (C=O) groups excluding carboxylic acids is 3. The second-order valence-electron chi connectivity index (χ2n) is 10.5. The van der Waals surface area contributed by atoms with E-state index in [2.05, 4.69) is 15.5 Å². The van der Waals surface area contributed by atoms with E-state index in [1.54, 1.807) is 30.3 Å². The summed E-state index contributed by atoms with van der Waals surface area (Å²) in [6, 6.07) is 12.5. The molecule has 0 aliphatic carbocycles. The maximum absolute atomic E-state index is 13.2. The number of nitrogens with zero attached hydrogens (tertiary/aromatic N) is 3. The molecule has 2 aromatic carbocycles. The molecule has 0 spiro atoms. The molecule has 10 heteroatoms. The van der Waals surface area contributed by atoms with Gasteiger partial charge in [0.25, 0.3) is 5.91 Å². The fourth-order valence-electron chi connectivity index (χ4n) is 5.14. The molecule has 40 heavy (non-hydrogen) atoms. The Morgan fingerprint density at radius 3 is 2.88 bits per heavy atom. The van der Waals surface area contributed by atoms with Gasteiger partial charge in [0.05, 0.1) is 31.5 Å². The Morgan fingerprint density at radius 1 is 1.18 bits per heavy atom. The first-order valence-electron chi connectivity index (χ1n) is 13.6. The first-order valence-corrected chi connectivity index (χ1v) is 13.6. The van der Waals surface area contributed by atoms with Crippen molar-refractivity contribution in [2.45, 2.75) is 51.4 Å². The molecule has 3 heterocycles. The summed E-state index contributed by atoms with van der Waals surface area (Å²) in [5.74, 6) is 0.689. The zero-order valence-corrected chi connectivity index (χ0v) is 22.9. The average molecular weight is 546 g/mol. The van der Waals surface area contributed by atoms with Crippen molar-refractivity contribution in [1.82, 2.24) is 25.3 Å². The number of rotatable bonds is 4. The fourth-order valence-corrected chi connectivity index (χ4v) is 5.14. The fraction of sp³-hybridized carbons (Fsp3) is 0.400. The van der Waals surface area contributed by atoms with E-state index < -0.39 is 6.04 Å². The summed E-state index contributed by atoms with van der Waals surface area (Å²) in [4.78, 5) is 42.4. The molecule has 10 nitrogen and oxygen atoms in total. The van der Waals surface area contributed by atoms with Crippen LogP contribution in [0.1, 0.15) is 46.3 Å². The number of aromatic nitrogens is 2. The molecule has 1 aromatic heterocycles. The molecule has 0 saturated carbocycles. The SMILES string of the molecule is Cc1ccc2cc1Oc1cccc(c1)CO[C@@H]1CCN(C(=O)CCCc3cn[nH]c3)C[C@@H]1NC(=O)CN(C)C2=O. The molecule has 2 atom stereocenters. The number of aromatic amines is 1. The average Bonchev–Trinajstić information content (AvgIpc) is 3.46. The number of carbonyl (C=O) groups is 3. The van der Waals surface area contributed by atoms with Crippen molar-refractivity contribution in [3.05, 3.63) is 77.1 Å². The van der Waals surface area contributed by atoms with Gasteiger partial charge in [-0.15, -0.1) is 0 Å². The second-order valence-corrected chi connectivity index (χ2v) is 10.5. The Kier molecular flexibility index (Phi) is 8.45. The van der Waals surface area contributed by atoms with Crippen LogP contribution >= 0.6 is 0 Å². The summed E-state index contributed by atoms with van der Waals surface area (Å²) < 4.78 is 12.5. The molecule has 1 fully saturated rings. The maximum Gasteiger partial charge on any atom is 0.254 e. The van der Waals surface area contributed by atoms with Crippen LogP contribution in [0.3, 0.4) is 0 Å². The van der Waals surface area contributed by atoms with Crippen molar-refractivity contribution >= 4 is 17.7 Å². The van der Waals surface area contributed by atoms with Crippen molar-refractivity contribution in [3.8, 4) is 11.5 Å². The van der Waals surface area contributed by atoms with E-state index in [1.807, 2.05) is 43.5 Å². The van der Waals surface area contributed by atoms with Crippen molar-refractivity contribution in [2.24, 2.45) is 0 Å². The number of benzene rings is 2. The van der Waals surface area contributed by atoms with Gasteiger partial charge in [0.15, 0.2) is 0 Å². The Morgan fingerprint density at radius 2 is 2.05 bits per heavy atom. The van der Waals surface area contributed by atoms with Gasteiger partial charge >= 0.3 is 0 Å². The van der Waals surface area contributed by atoms with Crippen LogP contribution < -0.4 is 10.1 Å². The lowest BCUT2D eigenvalue weighted by atomic mass is 10.0. The van der Waals surface area contributed by atoms with Gasteiger partial charge in [-0.3, -0.25) is 19.5 Å². The summed E-state index contributed by atoms with van der Waals surface area (Å²) in [6.45, 7) is 3.04. The quantitative estimate of drug-likeness (QED) is 0.520. The Bertz CT molecular complexity index is 1360. The van der Waals surface area contributed by atoms with Crippen LogP contribution in [0.5, 0.6) is 11.5 Å². The van der Waals surface area contributed by atoms with Crippen LogP contribution in [0.4, 0.5) is 0 Å². The molecule has 4 bridgehead atoms. The number of ether oxygens (including phenoxy) is 2. The maximum atomic E-state index is 13.2. The molecule has 2 aliphatic heterocycles. The number of fused-ring (bicyclic) bond motifs is 5. The van der Waals surface area contributed by atoms with E-state index in [4.69, 9.17) is 9.47 Å². The van der Waals surface area contributed by atoms with Crippen LogP contribution in [0.15, 0.2) is 54.9 Å². The zero-order chi connectivity index (χ0) is 28.1. The summed E-state index contributed by atoms with van der Waals surface area (Å²) >= 11 is 0. The van der Waals surface area contributed by atoms with Crippen molar-refractivity contribution in [3.63, 3.8) is 0 Å². The van der Waals surface area contributed by atoms with E-state index in [-0.39, 0.29) is 30.4 Å². The van der Waals surface area contributed by atoms with Gasteiger partial charge in [0, 0.05) is 38.3 Å². The Hall–Kier alpha value is -4.18. The van der Waals surface area contributed by atoms with E-state index in [0.717, 1.165) is 29.5 Å². The highest BCUT2D eigenvalue weighted by Gasteiger charge is 2.33. The summed E-state index contributed by atoms with van der Waals surface area (Å²) in [5, 5.41) is 9.79. The van der Waals surface area contributed by atoms with Crippen molar-refractivity contribution in [1.29, 1.82) is 0 Å². The molecular weight excluding hydrogens is 510 g/mol. The normalized spacial score (nSPS) is 19.9. The Balaban J connectivity index is 1.32. The molecule has 0 unspecified atom stereocenters. The smallest absolute Gasteiger partial charge is 0.254 e. The number of likely N-dealkylation sites (tertiary alicyclic amines) is 1. The first-order chi connectivity index (χ1) is 19.4. The summed E-state index contributed by atoms with van der Waals surface area (Å²) in [7, 11) is 1.60. The topological polar surface area (TPSA) is 117 Å². The molecule has 5 rings (SSSR count). The first kappa shape index (κ1) is 27.4. The predicted octanol–water partition coefficient (Wildman–Crippen LogP) is 3.22. The third kappa shape index (κ3) is 6.69. The van der Waals surface area contributed by atoms with Gasteiger partial charge < -0.3 is 24.6 Å². The molecule has 210 valence electrons. The van der Waals surface area contributed by atoms with Crippen LogP contribution in [0, 0.1) is 6.92 Å². The lowest BCUT2D eigenvalue weighted by molar-refractivity contribution is -0.137. The molecule has 3 amide bonds. The minimum absolute atomic E-state index is 0.0515. The molecule has 1 saturated heterocycles. The Labute approximate surface area is 233 Å². The number of likely N-dealkylation sites (N-methyl/N-ethyl adjacent to an activating group) is 1. The van der Waals surface area contributed by atoms with Gasteiger partial charge in [-0.2, -0.15) is 5.10 Å². The number of amides is 3. The lowest BCUT2D eigenvalue weighted by Gasteiger charge is -2.39. The number of hydrogen-bond acceptors (Lipinski definition) is 6.